The van der Waals surface area contributed by atoms with Gasteiger partial charge in [-0.25, -0.2) is 4.98 Å². The predicted octanol–water partition coefficient (Wildman–Crippen LogP) is 2.28. The second-order valence-electron chi connectivity index (χ2n) is 5.12. The van der Waals surface area contributed by atoms with Crippen LogP contribution in [0.25, 0.3) is 10.4 Å². The molecule has 0 saturated carbocycles. The number of amides is 2. The van der Waals surface area contributed by atoms with E-state index in [1.807, 2.05) is 19.1 Å². The van der Waals surface area contributed by atoms with Gasteiger partial charge in [-0.2, -0.15) is 0 Å². The number of hydrogen-bond acceptors (Lipinski definition) is 6. The van der Waals surface area contributed by atoms with E-state index in [1.54, 1.807) is 30.6 Å². The first-order valence-corrected chi connectivity index (χ1v) is 8.32. The zero-order chi connectivity index (χ0) is 17.6. The molecule has 2 amide bonds. The highest BCUT2D eigenvalue weighted by atomic mass is 32.1. The summed E-state index contributed by atoms with van der Waals surface area (Å²) < 4.78 is 0. The van der Waals surface area contributed by atoms with E-state index >= 15 is 0 Å². The lowest BCUT2D eigenvalue weighted by Gasteiger charge is -2.04. The van der Waals surface area contributed by atoms with Crippen molar-refractivity contribution in [2.75, 3.05) is 11.9 Å². The minimum absolute atomic E-state index is 0.156. The van der Waals surface area contributed by atoms with Crippen LogP contribution in [0.3, 0.4) is 0 Å². The van der Waals surface area contributed by atoms with Crippen LogP contribution in [0.4, 0.5) is 5.13 Å². The van der Waals surface area contributed by atoms with Crippen LogP contribution >= 0.6 is 11.3 Å². The van der Waals surface area contributed by atoms with Crippen LogP contribution < -0.4 is 10.6 Å². The topological polar surface area (TPSA) is 96.9 Å². The summed E-state index contributed by atoms with van der Waals surface area (Å²) >= 11 is 1.36. The molecule has 3 aromatic rings. The quantitative estimate of drug-likeness (QED) is 0.733. The molecule has 0 unspecified atom stereocenters. The third-order valence-electron chi connectivity index (χ3n) is 3.27. The van der Waals surface area contributed by atoms with Crippen molar-refractivity contribution < 1.29 is 9.59 Å². The number of pyridine rings is 2. The van der Waals surface area contributed by atoms with Gasteiger partial charge in [0.25, 0.3) is 5.91 Å². The SMILES string of the molecule is Cc1nc(NC(=O)CNC(=O)c2ccccn2)sc1-c1cccnc1. The lowest BCUT2D eigenvalue weighted by Crippen LogP contribution is -2.33. The highest BCUT2D eigenvalue weighted by Crippen LogP contribution is 2.31. The summed E-state index contributed by atoms with van der Waals surface area (Å²) in [4.78, 5) is 37.2. The van der Waals surface area contributed by atoms with Crippen LogP contribution in [0.5, 0.6) is 0 Å². The highest BCUT2D eigenvalue weighted by Gasteiger charge is 2.13. The van der Waals surface area contributed by atoms with Crippen molar-refractivity contribution in [1.29, 1.82) is 0 Å². The van der Waals surface area contributed by atoms with E-state index < -0.39 is 5.91 Å². The Kier molecular flexibility index (Phi) is 5.10. The van der Waals surface area contributed by atoms with E-state index in [4.69, 9.17) is 0 Å². The molecule has 0 spiro atoms. The second-order valence-corrected chi connectivity index (χ2v) is 6.12. The van der Waals surface area contributed by atoms with Crippen molar-refractivity contribution in [3.63, 3.8) is 0 Å². The number of aryl methyl sites for hydroxylation is 1. The zero-order valence-corrected chi connectivity index (χ0v) is 14.2. The van der Waals surface area contributed by atoms with Crippen molar-refractivity contribution >= 4 is 28.3 Å². The predicted molar refractivity (Wildman–Crippen MR) is 95.3 cm³/mol. The molecule has 0 atom stereocenters. The molecule has 0 aliphatic rings. The number of thiazole rings is 1. The summed E-state index contributed by atoms with van der Waals surface area (Å²) in [7, 11) is 0. The van der Waals surface area contributed by atoms with E-state index in [0.29, 0.717) is 5.13 Å². The first kappa shape index (κ1) is 16.7. The van der Waals surface area contributed by atoms with Crippen LogP contribution in [0, 0.1) is 6.92 Å². The molecule has 0 radical (unpaired) electrons. The summed E-state index contributed by atoms with van der Waals surface area (Å²) in [5.74, 6) is -0.752. The maximum Gasteiger partial charge on any atom is 0.270 e. The molecule has 8 heteroatoms. The molecule has 2 N–H and O–H groups in total. The monoisotopic (exact) mass is 353 g/mol. The largest absolute Gasteiger partial charge is 0.342 e. The Hall–Kier alpha value is -3.13. The summed E-state index contributed by atoms with van der Waals surface area (Å²) in [5, 5.41) is 5.70. The van der Waals surface area contributed by atoms with Gasteiger partial charge >= 0.3 is 0 Å². The molecule has 126 valence electrons. The molecule has 3 rings (SSSR count). The van der Waals surface area contributed by atoms with Crippen molar-refractivity contribution in [2.45, 2.75) is 6.92 Å². The molecular weight excluding hydrogens is 338 g/mol. The highest BCUT2D eigenvalue weighted by molar-refractivity contribution is 7.19. The molecule has 0 bridgehead atoms. The molecule has 0 aromatic carbocycles. The maximum atomic E-state index is 12.0. The third kappa shape index (κ3) is 4.24. The minimum atomic E-state index is -0.401. The number of anilines is 1. The van der Waals surface area contributed by atoms with E-state index in [9.17, 15) is 9.59 Å². The van der Waals surface area contributed by atoms with Gasteiger partial charge in [-0.05, 0) is 25.1 Å². The van der Waals surface area contributed by atoms with Gasteiger partial charge in [0.15, 0.2) is 5.13 Å². The second kappa shape index (κ2) is 7.63. The molecular formula is C17H15N5O2S. The van der Waals surface area contributed by atoms with E-state index in [1.165, 1.54) is 17.5 Å². The lowest BCUT2D eigenvalue weighted by molar-refractivity contribution is -0.115. The van der Waals surface area contributed by atoms with E-state index in [2.05, 4.69) is 25.6 Å². The number of nitrogens with zero attached hydrogens (tertiary/aromatic N) is 3. The summed E-state index contributed by atoms with van der Waals surface area (Å²) in [5.41, 5.74) is 2.02. The lowest BCUT2D eigenvalue weighted by atomic mass is 10.2. The van der Waals surface area contributed by atoms with Gasteiger partial charge in [0, 0.05) is 24.2 Å². The molecule has 0 fully saturated rings. The Morgan fingerprint density at radius 2 is 2.04 bits per heavy atom. The Labute approximate surface area is 148 Å². The maximum absolute atomic E-state index is 12.0. The molecule has 0 aliphatic carbocycles. The number of carbonyl (C=O) groups is 2. The number of aromatic nitrogens is 3. The molecule has 3 aromatic heterocycles. The summed E-state index contributed by atoms with van der Waals surface area (Å²) in [6.07, 6.45) is 4.97. The minimum Gasteiger partial charge on any atom is -0.342 e. The van der Waals surface area contributed by atoms with Crippen LogP contribution in [-0.4, -0.2) is 33.3 Å². The van der Waals surface area contributed by atoms with Crippen LogP contribution in [0.1, 0.15) is 16.2 Å². The summed E-state index contributed by atoms with van der Waals surface area (Å²) in [6, 6.07) is 8.79. The Bertz CT molecular complexity index is 881. The van der Waals surface area contributed by atoms with Crippen molar-refractivity contribution in [3.05, 3.63) is 60.3 Å². The molecule has 0 saturated heterocycles. The average Bonchev–Trinajstić information content (AvgIpc) is 3.01. The first-order valence-electron chi connectivity index (χ1n) is 7.50. The fourth-order valence-electron chi connectivity index (χ4n) is 2.13. The number of carbonyl (C=O) groups excluding carboxylic acids is 2. The fourth-order valence-corrected chi connectivity index (χ4v) is 3.10. The van der Waals surface area contributed by atoms with Crippen LogP contribution in [0.15, 0.2) is 48.9 Å². The standard InChI is InChI=1S/C17H15N5O2S/c1-11-15(12-5-4-7-18-9-12)25-17(21-11)22-14(23)10-20-16(24)13-6-2-3-8-19-13/h2-9H,10H2,1H3,(H,20,24)(H,21,22,23). The molecule has 7 nitrogen and oxygen atoms in total. The number of hydrogen-bond donors (Lipinski definition) is 2. The Morgan fingerprint density at radius 1 is 1.16 bits per heavy atom. The molecule has 3 heterocycles. The van der Waals surface area contributed by atoms with Crippen LogP contribution in [-0.2, 0) is 4.79 Å². The smallest absolute Gasteiger partial charge is 0.270 e. The molecule has 0 aliphatic heterocycles. The van der Waals surface area contributed by atoms with E-state index in [-0.39, 0.29) is 18.1 Å². The van der Waals surface area contributed by atoms with Gasteiger partial charge < -0.3 is 10.6 Å². The third-order valence-corrected chi connectivity index (χ3v) is 4.40. The Morgan fingerprint density at radius 3 is 2.76 bits per heavy atom. The number of nitrogens with one attached hydrogen (secondary N) is 2. The van der Waals surface area contributed by atoms with Gasteiger partial charge in [-0.1, -0.05) is 23.5 Å². The molecule has 25 heavy (non-hydrogen) atoms. The first-order chi connectivity index (χ1) is 12.1. The van der Waals surface area contributed by atoms with Gasteiger partial charge in [0.1, 0.15) is 5.69 Å². The number of rotatable bonds is 5. The normalized spacial score (nSPS) is 10.3. The van der Waals surface area contributed by atoms with Crippen molar-refractivity contribution in [2.24, 2.45) is 0 Å². The zero-order valence-electron chi connectivity index (χ0n) is 13.4. The average molecular weight is 353 g/mol. The van der Waals surface area contributed by atoms with Gasteiger partial charge in [0.05, 0.1) is 17.1 Å². The summed E-state index contributed by atoms with van der Waals surface area (Å²) in [6.45, 7) is 1.72. The van der Waals surface area contributed by atoms with Crippen LogP contribution in [0.2, 0.25) is 0 Å². The van der Waals surface area contributed by atoms with Gasteiger partial charge in [-0.3, -0.25) is 19.6 Å². The van der Waals surface area contributed by atoms with Crippen molar-refractivity contribution in [1.82, 2.24) is 20.3 Å². The Balaban J connectivity index is 1.59. The van der Waals surface area contributed by atoms with Gasteiger partial charge in [-0.15, -0.1) is 0 Å². The van der Waals surface area contributed by atoms with Crippen molar-refractivity contribution in [3.8, 4) is 10.4 Å². The van der Waals surface area contributed by atoms with E-state index in [0.717, 1.165) is 16.1 Å². The fraction of sp³-hybridized carbons (Fsp3) is 0.118. The van der Waals surface area contributed by atoms with Gasteiger partial charge in [0.2, 0.25) is 5.91 Å².